The zero-order valence-electron chi connectivity index (χ0n) is 5.53. The molecule has 0 bridgehead atoms. The van der Waals surface area contributed by atoms with Gasteiger partial charge >= 0.3 is 0 Å². The molecule has 0 saturated carbocycles. The minimum atomic E-state index is -4.18. The molecule has 0 aliphatic heterocycles. The average Bonchev–Trinajstić information content (AvgIpc) is 1.92. The van der Waals surface area contributed by atoms with Crippen molar-refractivity contribution in [3.05, 3.63) is 18.2 Å². The number of rotatable bonds is 1. The number of nitrogens with zero attached hydrogens (tertiary/aromatic N) is 1. The van der Waals surface area contributed by atoms with E-state index in [2.05, 4.69) is 4.98 Å². The van der Waals surface area contributed by atoms with Gasteiger partial charge in [-0.3, -0.25) is 4.98 Å². The van der Waals surface area contributed by atoms with E-state index >= 15 is 0 Å². The minimum absolute atomic E-state index is 0.720. The third-order valence-corrected chi connectivity index (χ3v) is 2.40. The highest BCUT2D eigenvalue weighted by molar-refractivity contribution is 8.13. The Bertz CT molecular complexity index is 405. The highest BCUT2D eigenvalue weighted by Gasteiger charge is 2.18. The number of halogens is 2. The largest absolute Gasteiger partial charge is 0.504 e. The molecule has 0 saturated heterocycles. The lowest BCUT2D eigenvalue weighted by Gasteiger charge is -1.98. The normalized spacial score (nSPS) is 11.5. The van der Waals surface area contributed by atoms with Crippen molar-refractivity contribution in [1.82, 2.24) is 4.98 Å². The van der Waals surface area contributed by atoms with Crippen LogP contribution in [0.25, 0.3) is 0 Å². The van der Waals surface area contributed by atoms with Crippen molar-refractivity contribution in [3.63, 3.8) is 0 Å². The van der Waals surface area contributed by atoms with Gasteiger partial charge in [0.1, 0.15) is 4.90 Å². The zero-order valence-corrected chi connectivity index (χ0v) is 7.10. The molecule has 4 nitrogen and oxygen atoms in total. The Hall–Kier alpha value is -0.880. The van der Waals surface area contributed by atoms with E-state index in [-0.39, 0.29) is 0 Å². The van der Waals surface area contributed by atoms with E-state index in [0.29, 0.717) is 0 Å². The van der Waals surface area contributed by atoms with Gasteiger partial charge in [0.25, 0.3) is 9.05 Å². The minimum Gasteiger partial charge on any atom is -0.504 e. The lowest BCUT2D eigenvalue weighted by Crippen LogP contribution is -1.96. The molecule has 0 aliphatic carbocycles. The summed E-state index contributed by atoms with van der Waals surface area (Å²) in [5, 5.41) is 8.70. The Morgan fingerprint density at radius 2 is 2.08 bits per heavy atom. The van der Waals surface area contributed by atoms with Crippen LogP contribution in [-0.4, -0.2) is 18.5 Å². The van der Waals surface area contributed by atoms with Gasteiger partial charge in [-0.2, -0.15) is 0 Å². The summed E-state index contributed by atoms with van der Waals surface area (Å²) in [5.74, 6) is -2.14. The first-order valence-corrected chi connectivity index (χ1v) is 5.01. The van der Waals surface area contributed by atoms with Crippen LogP contribution in [0.3, 0.4) is 0 Å². The van der Waals surface area contributed by atoms with Crippen molar-refractivity contribution in [3.8, 4) is 5.75 Å². The van der Waals surface area contributed by atoms with E-state index in [0.717, 1.165) is 12.4 Å². The third kappa shape index (κ3) is 1.64. The van der Waals surface area contributed by atoms with Gasteiger partial charge < -0.3 is 5.11 Å². The molecular formula is C5H3ClFNO3S. The second-order valence-corrected chi connectivity index (χ2v) is 4.44. The van der Waals surface area contributed by atoms with Gasteiger partial charge in [-0.05, 0) is 0 Å². The molecule has 1 N–H and O–H groups in total. The summed E-state index contributed by atoms with van der Waals surface area (Å²) in [4.78, 5) is 2.43. The van der Waals surface area contributed by atoms with Gasteiger partial charge in [0.2, 0.25) is 0 Å². The van der Waals surface area contributed by atoms with Crippen molar-refractivity contribution in [1.29, 1.82) is 0 Å². The second-order valence-electron chi connectivity index (χ2n) is 1.91. The topological polar surface area (TPSA) is 67.3 Å². The van der Waals surface area contributed by atoms with E-state index in [1.165, 1.54) is 0 Å². The monoisotopic (exact) mass is 211 g/mol. The van der Waals surface area contributed by atoms with E-state index in [1.807, 2.05) is 0 Å². The molecule has 0 spiro atoms. The Labute approximate surface area is 72.0 Å². The van der Waals surface area contributed by atoms with Crippen molar-refractivity contribution in [2.24, 2.45) is 0 Å². The average molecular weight is 212 g/mol. The van der Waals surface area contributed by atoms with Gasteiger partial charge in [-0.1, -0.05) is 0 Å². The Kier molecular flexibility index (Phi) is 2.20. The zero-order chi connectivity index (χ0) is 9.35. The van der Waals surface area contributed by atoms with Crippen LogP contribution in [0.15, 0.2) is 17.3 Å². The quantitative estimate of drug-likeness (QED) is 0.700. The van der Waals surface area contributed by atoms with Gasteiger partial charge in [-0.25, -0.2) is 12.8 Å². The Morgan fingerprint density at radius 1 is 1.50 bits per heavy atom. The highest BCUT2D eigenvalue weighted by atomic mass is 35.7. The SMILES string of the molecule is O=S(=O)(Cl)c1cncc(O)c1F. The number of hydrogen-bond donors (Lipinski definition) is 1. The summed E-state index contributed by atoms with van der Waals surface area (Å²) in [7, 11) is 0.636. The standard InChI is InChI=1S/C5H3ClFNO3S/c6-12(10,11)4-2-8-1-3(9)5(4)7/h1-2,9H. The van der Waals surface area contributed by atoms with E-state index in [1.54, 1.807) is 0 Å². The van der Waals surface area contributed by atoms with E-state index < -0.39 is 25.5 Å². The van der Waals surface area contributed by atoms with E-state index in [4.69, 9.17) is 15.8 Å². The fraction of sp³-hybridized carbons (Fsp3) is 0. The van der Waals surface area contributed by atoms with Gasteiger partial charge in [0, 0.05) is 10.7 Å². The molecule has 0 atom stereocenters. The lowest BCUT2D eigenvalue weighted by molar-refractivity contribution is 0.419. The first kappa shape index (κ1) is 9.21. The molecular weight excluding hydrogens is 209 g/mol. The van der Waals surface area contributed by atoms with Crippen molar-refractivity contribution < 1.29 is 17.9 Å². The maximum atomic E-state index is 12.7. The molecule has 0 amide bonds. The molecule has 1 rings (SSSR count). The predicted molar refractivity (Wildman–Crippen MR) is 38.9 cm³/mol. The second kappa shape index (κ2) is 2.87. The van der Waals surface area contributed by atoms with Crippen LogP contribution in [0, 0.1) is 5.82 Å². The molecule has 0 fully saturated rings. The fourth-order valence-corrected chi connectivity index (χ4v) is 1.41. The van der Waals surface area contributed by atoms with Crippen LogP contribution in [0.2, 0.25) is 0 Å². The molecule has 0 unspecified atom stereocenters. The van der Waals surface area contributed by atoms with Crippen LogP contribution < -0.4 is 0 Å². The number of hydrogen-bond acceptors (Lipinski definition) is 4. The summed E-state index contributed by atoms with van der Waals surface area (Å²) in [5.41, 5.74) is 0. The number of pyridine rings is 1. The lowest BCUT2D eigenvalue weighted by atomic mass is 10.4. The molecule has 1 aromatic heterocycles. The van der Waals surface area contributed by atoms with Crippen LogP contribution in [-0.2, 0) is 9.05 Å². The molecule has 12 heavy (non-hydrogen) atoms. The summed E-state index contributed by atoms with van der Waals surface area (Å²) in [6.07, 6.45) is 1.50. The molecule has 1 heterocycles. The first-order chi connectivity index (χ1) is 5.43. The van der Waals surface area contributed by atoms with Crippen molar-refractivity contribution >= 4 is 19.7 Å². The van der Waals surface area contributed by atoms with Crippen molar-refractivity contribution in [2.75, 3.05) is 0 Å². The molecule has 7 heteroatoms. The maximum Gasteiger partial charge on any atom is 0.265 e. The molecule has 0 aliphatic rings. The Balaban J connectivity index is 3.47. The number of aromatic nitrogens is 1. The smallest absolute Gasteiger partial charge is 0.265 e. The molecule has 0 aromatic carbocycles. The summed E-state index contributed by atoms with van der Waals surface area (Å²) >= 11 is 0. The predicted octanol–water partition coefficient (Wildman–Crippen LogP) is 0.854. The maximum absolute atomic E-state index is 12.7. The summed E-state index contributed by atoms with van der Waals surface area (Å²) in [6.45, 7) is 0. The van der Waals surface area contributed by atoms with Crippen LogP contribution in [0.5, 0.6) is 5.75 Å². The Morgan fingerprint density at radius 3 is 2.50 bits per heavy atom. The van der Waals surface area contributed by atoms with Gasteiger partial charge in [0.15, 0.2) is 11.6 Å². The summed E-state index contributed by atoms with van der Waals surface area (Å²) < 4.78 is 33.9. The van der Waals surface area contributed by atoms with Crippen molar-refractivity contribution in [2.45, 2.75) is 4.90 Å². The van der Waals surface area contributed by atoms with Gasteiger partial charge in [-0.15, -0.1) is 0 Å². The highest BCUT2D eigenvalue weighted by Crippen LogP contribution is 2.23. The summed E-state index contributed by atoms with van der Waals surface area (Å²) in [6, 6.07) is 0. The molecule has 66 valence electrons. The molecule has 1 aromatic rings. The molecule has 0 radical (unpaired) electrons. The fourth-order valence-electron chi connectivity index (χ4n) is 0.585. The van der Waals surface area contributed by atoms with E-state index in [9.17, 15) is 12.8 Å². The van der Waals surface area contributed by atoms with Gasteiger partial charge in [0.05, 0.1) is 12.4 Å². The van der Waals surface area contributed by atoms with Crippen LogP contribution in [0.4, 0.5) is 4.39 Å². The first-order valence-electron chi connectivity index (χ1n) is 2.70. The number of aromatic hydroxyl groups is 1. The third-order valence-electron chi connectivity index (χ3n) is 1.09. The van der Waals surface area contributed by atoms with Crippen LogP contribution >= 0.6 is 10.7 Å². The van der Waals surface area contributed by atoms with Crippen LogP contribution in [0.1, 0.15) is 0 Å².